The van der Waals surface area contributed by atoms with Gasteiger partial charge >= 0.3 is 5.79 Å². The predicted octanol–water partition coefficient (Wildman–Crippen LogP) is 5.98. The molecule has 0 N–H and O–H groups in total. The van der Waals surface area contributed by atoms with E-state index in [9.17, 15) is 4.79 Å². The van der Waals surface area contributed by atoms with Crippen LogP contribution in [-0.4, -0.2) is 44.1 Å². The maximum atomic E-state index is 13.5. The molecular weight excluding hydrogens is 500 g/mol. The third-order valence-corrected chi connectivity index (χ3v) is 7.29. The Morgan fingerprint density at radius 3 is 2.05 bits per heavy atom. The lowest BCUT2D eigenvalue weighted by atomic mass is 9.97. The molecule has 0 aromatic heterocycles. The Kier molecular flexibility index (Phi) is 6.34. The van der Waals surface area contributed by atoms with Crippen LogP contribution < -0.4 is 19.1 Å². The number of hydrogen-bond donors (Lipinski definition) is 0. The zero-order valence-electron chi connectivity index (χ0n) is 21.0. The van der Waals surface area contributed by atoms with Gasteiger partial charge in [0.15, 0.2) is 11.5 Å². The summed E-state index contributed by atoms with van der Waals surface area (Å²) in [6, 6.07) is 30.7. The van der Waals surface area contributed by atoms with Gasteiger partial charge in [-0.2, -0.15) is 0 Å². The molecule has 192 valence electrons. The second-order valence-corrected chi connectivity index (χ2v) is 9.75. The van der Waals surface area contributed by atoms with Crippen molar-refractivity contribution in [1.82, 2.24) is 4.90 Å². The van der Waals surface area contributed by atoms with Crippen molar-refractivity contribution >= 4 is 23.2 Å². The number of fused-ring (bicyclic) bond motifs is 1. The molecule has 1 saturated heterocycles. The summed E-state index contributed by atoms with van der Waals surface area (Å²) in [7, 11) is 1.65. The highest BCUT2D eigenvalue weighted by Crippen LogP contribution is 2.48. The van der Waals surface area contributed by atoms with Crippen molar-refractivity contribution in [2.45, 2.75) is 5.79 Å². The van der Waals surface area contributed by atoms with Crippen LogP contribution in [-0.2, 0) is 5.79 Å². The largest absolute Gasteiger partial charge is 0.495 e. The molecule has 0 atom stereocenters. The van der Waals surface area contributed by atoms with E-state index in [0.717, 1.165) is 22.6 Å². The minimum absolute atomic E-state index is 0.0361. The predicted molar refractivity (Wildman–Crippen MR) is 147 cm³/mol. The fourth-order valence-electron chi connectivity index (χ4n) is 5.10. The van der Waals surface area contributed by atoms with Crippen LogP contribution in [0.15, 0.2) is 97.1 Å². The average molecular weight is 527 g/mol. The first-order chi connectivity index (χ1) is 18.6. The third kappa shape index (κ3) is 4.31. The molecule has 0 saturated carbocycles. The van der Waals surface area contributed by atoms with Crippen LogP contribution in [0.1, 0.15) is 21.5 Å². The highest BCUT2D eigenvalue weighted by atomic mass is 35.5. The number of carbonyl (C=O) groups excluding carboxylic acids is 1. The first kappa shape index (κ1) is 24.2. The number of rotatable bonds is 5. The minimum atomic E-state index is -1.12. The Bertz CT molecular complexity index is 1410. The standard InChI is InChI=1S/C31H27ClN2O4/c1-36-27-15-13-25(32)21-26(27)33-16-18-34(19-17-33)30(35)22-12-14-28-29(20-22)38-31(37-28,23-8-4-2-5-9-23)24-10-6-3-7-11-24/h2-15,20-21H,16-19H2,1H3. The summed E-state index contributed by atoms with van der Waals surface area (Å²) in [5.74, 6) is 0.767. The van der Waals surface area contributed by atoms with E-state index >= 15 is 0 Å². The van der Waals surface area contributed by atoms with Crippen LogP contribution in [0.2, 0.25) is 5.02 Å². The molecule has 0 spiro atoms. The smallest absolute Gasteiger partial charge is 0.305 e. The van der Waals surface area contributed by atoms with E-state index < -0.39 is 5.79 Å². The lowest BCUT2D eigenvalue weighted by Gasteiger charge is -2.36. The molecule has 38 heavy (non-hydrogen) atoms. The molecule has 4 aromatic carbocycles. The van der Waals surface area contributed by atoms with Crippen molar-refractivity contribution < 1.29 is 19.0 Å². The monoisotopic (exact) mass is 526 g/mol. The van der Waals surface area contributed by atoms with Gasteiger partial charge in [-0.05, 0) is 36.4 Å². The number of methoxy groups -OCH3 is 1. The number of halogens is 1. The van der Waals surface area contributed by atoms with Gasteiger partial charge in [0.25, 0.3) is 5.91 Å². The molecule has 2 aliphatic heterocycles. The van der Waals surface area contributed by atoms with Gasteiger partial charge in [0.2, 0.25) is 0 Å². The molecule has 6 nitrogen and oxygen atoms in total. The topological polar surface area (TPSA) is 51.2 Å². The zero-order valence-corrected chi connectivity index (χ0v) is 21.7. The highest BCUT2D eigenvalue weighted by molar-refractivity contribution is 6.31. The number of carbonyl (C=O) groups is 1. The van der Waals surface area contributed by atoms with E-state index in [1.54, 1.807) is 13.2 Å². The van der Waals surface area contributed by atoms with E-state index in [1.807, 2.05) is 95.9 Å². The lowest BCUT2D eigenvalue weighted by molar-refractivity contribution is -0.0459. The second-order valence-electron chi connectivity index (χ2n) is 9.31. The maximum Gasteiger partial charge on any atom is 0.305 e. The fourth-order valence-corrected chi connectivity index (χ4v) is 5.26. The first-order valence-corrected chi connectivity index (χ1v) is 13.0. The van der Waals surface area contributed by atoms with Crippen LogP contribution >= 0.6 is 11.6 Å². The molecule has 6 rings (SSSR count). The number of amides is 1. The number of anilines is 1. The van der Waals surface area contributed by atoms with E-state index in [-0.39, 0.29) is 5.91 Å². The fraction of sp³-hybridized carbons (Fsp3) is 0.194. The van der Waals surface area contributed by atoms with Gasteiger partial charge in [-0.3, -0.25) is 4.79 Å². The van der Waals surface area contributed by atoms with Crippen molar-refractivity contribution in [1.29, 1.82) is 0 Å². The van der Waals surface area contributed by atoms with E-state index in [2.05, 4.69) is 4.90 Å². The van der Waals surface area contributed by atoms with Crippen molar-refractivity contribution in [2.75, 3.05) is 38.2 Å². The van der Waals surface area contributed by atoms with Gasteiger partial charge in [-0.1, -0.05) is 72.3 Å². The molecule has 0 aliphatic carbocycles. The molecule has 0 bridgehead atoms. The highest BCUT2D eigenvalue weighted by Gasteiger charge is 2.45. The van der Waals surface area contributed by atoms with E-state index in [4.69, 9.17) is 25.8 Å². The summed E-state index contributed by atoms with van der Waals surface area (Å²) in [5.41, 5.74) is 3.26. The van der Waals surface area contributed by atoms with Gasteiger partial charge < -0.3 is 24.0 Å². The third-order valence-electron chi connectivity index (χ3n) is 7.05. The summed E-state index contributed by atoms with van der Waals surface area (Å²) >= 11 is 6.23. The Hall–Kier alpha value is -4.16. The van der Waals surface area contributed by atoms with Crippen molar-refractivity contribution in [3.05, 3.63) is 119 Å². The summed E-state index contributed by atoms with van der Waals surface area (Å²) in [6.07, 6.45) is 0. The molecule has 2 aliphatic rings. The van der Waals surface area contributed by atoms with Crippen molar-refractivity contribution in [3.8, 4) is 17.2 Å². The SMILES string of the molecule is COc1ccc(Cl)cc1N1CCN(C(=O)c2ccc3c(c2)OC(c2ccccc2)(c2ccccc2)O3)CC1. The summed E-state index contributed by atoms with van der Waals surface area (Å²) in [4.78, 5) is 17.6. The van der Waals surface area contributed by atoms with E-state index in [0.29, 0.717) is 48.3 Å². The average Bonchev–Trinajstić information content (AvgIpc) is 3.38. The molecule has 4 aromatic rings. The Morgan fingerprint density at radius 1 is 0.789 bits per heavy atom. The Morgan fingerprint density at radius 2 is 1.42 bits per heavy atom. The normalized spacial score (nSPS) is 15.8. The van der Waals surface area contributed by atoms with Crippen molar-refractivity contribution in [2.24, 2.45) is 0 Å². The molecular formula is C31H27ClN2O4. The second kappa shape index (κ2) is 9.95. The first-order valence-electron chi connectivity index (χ1n) is 12.6. The van der Waals surface area contributed by atoms with Gasteiger partial charge in [0, 0.05) is 47.9 Å². The summed E-state index contributed by atoms with van der Waals surface area (Å²) < 4.78 is 18.5. The zero-order chi connectivity index (χ0) is 26.1. The Balaban J connectivity index is 1.22. The maximum absolute atomic E-state index is 13.5. The quantitative estimate of drug-likeness (QED) is 0.320. The number of hydrogen-bond acceptors (Lipinski definition) is 5. The molecule has 7 heteroatoms. The van der Waals surface area contributed by atoms with Crippen LogP contribution in [0, 0.1) is 0 Å². The lowest BCUT2D eigenvalue weighted by Crippen LogP contribution is -2.48. The molecule has 1 amide bonds. The minimum Gasteiger partial charge on any atom is -0.495 e. The summed E-state index contributed by atoms with van der Waals surface area (Å²) in [5, 5.41) is 0.654. The number of benzene rings is 4. The van der Waals surface area contributed by atoms with Crippen LogP contribution in [0.4, 0.5) is 5.69 Å². The summed E-state index contributed by atoms with van der Waals surface area (Å²) in [6.45, 7) is 2.53. The molecule has 2 heterocycles. The van der Waals surface area contributed by atoms with Crippen LogP contribution in [0.3, 0.4) is 0 Å². The van der Waals surface area contributed by atoms with Gasteiger partial charge in [0.1, 0.15) is 5.75 Å². The molecule has 0 unspecified atom stereocenters. The number of piperazine rings is 1. The molecule has 1 fully saturated rings. The van der Waals surface area contributed by atoms with Gasteiger partial charge in [-0.25, -0.2) is 0 Å². The van der Waals surface area contributed by atoms with Crippen LogP contribution in [0.25, 0.3) is 0 Å². The van der Waals surface area contributed by atoms with Gasteiger partial charge in [-0.15, -0.1) is 0 Å². The van der Waals surface area contributed by atoms with Gasteiger partial charge in [0.05, 0.1) is 12.8 Å². The molecule has 0 radical (unpaired) electrons. The Labute approximate surface area is 226 Å². The van der Waals surface area contributed by atoms with E-state index in [1.165, 1.54) is 0 Å². The van der Waals surface area contributed by atoms with Crippen LogP contribution in [0.5, 0.6) is 17.2 Å². The van der Waals surface area contributed by atoms with Crippen molar-refractivity contribution in [3.63, 3.8) is 0 Å². The number of nitrogens with zero attached hydrogens (tertiary/aromatic N) is 2. The number of ether oxygens (including phenoxy) is 3.